The smallest absolute Gasteiger partial charge is 0.0620 e. The summed E-state index contributed by atoms with van der Waals surface area (Å²) in [7, 11) is 2.24. The van der Waals surface area contributed by atoms with Crippen molar-refractivity contribution in [1.82, 2.24) is 15.5 Å². The van der Waals surface area contributed by atoms with Gasteiger partial charge in [0.2, 0.25) is 0 Å². The first-order chi connectivity index (χ1) is 8.25. The van der Waals surface area contributed by atoms with E-state index in [1.807, 2.05) is 0 Å². The third-order valence-electron chi connectivity index (χ3n) is 4.01. The first-order valence-corrected chi connectivity index (χ1v) is 7.00. The molecule has 3 atom stereocenters. The summed E-state index contributed by atoms with van der Waals surface area (Å²) >= 11 is 0. The summed E-state index contributed by atoms with van der Waals surface area (Å²) in [4.78, 5) is 2.47. The van der Waals surface area contributed by atoms with E-state index >= 15 is 0 Å². The monoisotopic (exact) mass is 241 g/mol. The second kappa shape index (κ2) is 6.69. The van der Waals surface area contributed by atoms with Gasteiger partial charge in [-0.15, -0.1) is 0 Å². The minimum absolute atomic E-state index is 0.535. The Balaban J connectivity index is 1.61. The molecule has 0 aromatic rings. The molecule has 0 spiro atoms. The second-order valence-electron chi connectivity index (χ2n) is 5.55. The van der Waals surface area contributed by atoms with Crippen LogP contribution in [0.15, 0.2) is 0 Å². The molecular weight excluding hydrogens is 214 g/mol. The van der Waals surface area contributed by atoms with E-state index in [9.17, 15) is 0 Å². The maximum absolute atomic E-state index is 5.48. The summed E-state index contributed by atoms with van der Waals surface area (Å²) in [6, 6.07) is 1.85. The summed E-state index contributed by atoms with van der Waals surface area (Å²) in [5.41, 5.74) is 0. The van der Waals surface area contributed by atoms with Crippen LogP contribution in [0.1, 0.15) is 26.2 Å². The van der Waals surface area contributed by atoms with Crippen LogP contribution < -0.4 is 10.6 Å². The molecule has 2 heterocycles. The number of ether oxygens (including phenoxy) is 1. The number of nitrogens with one attached hydrogen (secondary N) is 2. The molecule has 2 N–H and O–H groups in total. The van der Waals surface area contributed by atoms with Crippen molar-refractivity contribution in [1.29, 1.82) is 0 Å². The van der Waals surface area contributed by atoms with Crippen molar-refractivity contribution in [2.75, 3.05) is 39.9 Å². The molecule has 17 heavy (non-hydrogen) atoms. The van der Waals surface area contributed by atoms with Crippen LogP contribution in [-0.4, -0.2) is 62.9 Å². The Morgan fingerprint density at radius 2 is 2.41 bits per heavy atom. The highest BCUT2D eigenvalue weighted by Crippen LogP contribution is 2.14. The van der Waals surface area contributed by atoms with Crippen LogP contribution in [0, 0.1) is 0 Å². The Morgan fingerprint density at radius 1 is 1.53 bits per heavy atom. The minimum Gasteiger partial charge on any atom is -0.379 e. The fourth-order valence-corrected chi connectivity index (χ4v) is 2.86. The number of hydrogen-bond acceptors (Lipinski definition) is 4. The average molecular weight is 241 g/mol. The number of rotatable bonds is 5. The summed E-state index contributed by atoms with van der Waals surface area (Å²) < 4.78 is 5.48. The van der Waals surface area contributed by atoms with Crippen LogP contribution in [0.4, 0.5) is 0 Å². The molecule has 2 saturated heterocycles. The summed E-state index contributed by atoms with van der Waals surface area (Å²) in [5, 5.41) is 7.18. The van der Waals surface area contributed by atoms with Crippen LogP contribution in [0.5, 0.6) is 0 Å². The van der Waals surface area contributed by atoms with Crippen molar-refractivity contribution in [3.8, 4) is 0 Å². The predicted molar refractivity (Wildman–Crippen MR) is 70.3 cm³/mol. The van der Waals surface area contributed by atoms with Gasteiger partial charge in [0.15, 0.2) is 0 Å². The third kappa shape index (κ3) is 4.21. The van der Waals surface area contributed by atoms with Gasteiger partial charge in [-0.05, 0) is 39.8 Å². The van der Waals surface area contributed by atoms with E-state index in [1.165, 1.54) is 19.4 Å². The Hall–Kier alpha value is -0.160. The summed E-state index contributed by atoms with van der Waals surface area (Å²) in [6.45, 7) is 7.42. The lowest BCUT2D eigenvalue weighted by molar-refractivity contribution is 0.0710. The van der Waals surface area contributed by atoms with E-state index in [1.54, 1.807) is 0 Å². The van der Waals surface area contributed by atoms with E-state index in [2.05, 4.69) is 29.5 Å². The quantitative estimate of drug-likeness (QED) is 0.732. The Bertz CT molecular complexity index is 219. The number of likely N-dealkylation sites (N-methyl/N-ethyl adjacent to an activating group) is 1. The van der Waals surface area contributed by atoms with Crippen molar-refractivity contribution in [2.45, 2.75) is 44.3 Å². The van der Waals surface area contributed by atoms with Gasteiger partial charge < -0.3 is 20.3 Å². The predicted octanol–water partition coefficient (Wildman–Crippen LogP) is 0.437. The maximum Gasteiger partial charge on any atom is 0.0620 e. The Labute approximate surface area is 105 Å². The highest BCUT2D eigenvalue weighted by Gasteiger charge is 2.22. The van der Waals surface area contributed by atoms with Crippen molar-refractivity contribution in [2.24, 2.45) is 0 Å². The van der Waals surface area contributed by atoms with E-state index in [-0.39, 0.29) is 0 Å². The first kappa shape index (κ1) is 13.3. The maximum atomic E-state index is 5.48. The van der Waals surface area contributed by atoms with Crippen LogP contribution in [0.2, 0.25) is 0 Å². The van der Waals surface area contributed by atoms with Crippen molar-refractivity contribution in [3.05, 3.63) is 0 Å². The number of hydrogen-bond donors (Lipinski definition) is 2. The largest absolute Gasteiger partial charge is 0.379 e. The molecule has 0 aromatic heterocycles. The summed E-state index contributed by atoms with van der Waals surface area (Å²) in [5.74, 6) is 0. The van der Waals surface area contributed by atoms with Gasteiger partial charge in [-0.2, -0.15) is 0 Å². The van der Waals surface area contributed by atoms with Crippen LogP contribution >= 0.6 is 0 Å². The minimum atomic E-state index is 0.535. The van der Waals surface area contributed by atoms with Gasteiger partial charge in [0, 0.05) is 31.2 Å². The number of morpholine rings is 1. The van der Waals surface area contributed by atoms with Crippen molar-refractivity contribution >= 4 is 0 Å². The molecule has 4 nitrogen and oxygen atoms in total. The SMILES string of the molecule is CC(CC1COCCN1)NCC1CCCN1C. The second-order valence-corrected chi connectivity index (χ2v) is 5.55. The third-order valence-corrected chi connectivity index (χ3v) is 4.01. The van der Waals surface area contributed by atoms with Crippen molar-refractivity contribution < 1.29 is 4.74 Å². The van der Waals surface area contributed by atoms with Gasteiger partial charge in [0.25, 0.3) is 0 Å². The molecule has 4 heteroatoms. The lowest BCUT2D eigenvalue weighted by Crippen LogP contribution is -2.46. The van der Waals surface area contributed by atoms with E-state index in [0.29, 0.717) is 12.1 Å². The molecule has 0 radical (unpaired) electrons. The highest BCUT2D eigenvalue weighted by atomic mass is 16.5. The Kier molecular flexibility index (Phi) is 5.22. The van der Waals surface area contributed by atoms with Crippen LogP contribution in [0.3, 0.4) is 0 Å². The molecule has 2 aliphatic heterocycles. The van der Waals surface area contributed by atoms with E-state index < -0.39 is 0 Å². The standard InChI is InChI=1S/C13H27N3O/c1-11(8-12-10-17-7-5-14-12)15-9-13-4-3-6-16(13)2/h11-15H,3-10H2,1-2H3. The van der Waals surface area contributed by atoms with Gasteiger partial charge in [-0.1, -0.05) is 0 Å². The fraction of sp³-hybridized carbons (Fsp3) is 1.00. The molecule has 0 amide bonds. The normalized spacial score (nSPS) is 32.8. The van der Waals surface area contributed by atoms with E-state index in [4.69, 9.17) is 4.74 Å². The number of nitrogens with zero attached hydrogens (tertiary/aromatic N) is 1. The zero-order valence-corrected chi connectivity index (χ0v) is 11.2. The van der Waals surface area contributed by atoms with Crippen molar-refractivity contribution in [3.63, 3.8) is 0 Å². The molecule has 0 bridgehead atoms. The zero-order valence-electron chi connectivity index (χ0n) is 11.2. The Morgan fingerprint density at radius 3 is 3.06 bits per heavy atom. The molecule has 2 rings (SSSR count). The molecule has 0 aromatic carbocycles. The topological polar surface area (TPSA) is 36.5 Å². The molecule has 2 fully saturated rings. The highest BCUT2D eigenvalue weighted by molar-refractivity contribution is 4.81. The molecule has 0 aliphatic carbocycles. The van der Waals surface area contributed by atoms with Gasteiger partial charge in [0.1, 0.15) is 0 Å². The molecular formula is C13H27N3O. The average Bonchev–Trinajstić information content (AvgIpc) is 2.74. The van der Waals surface area contributed by atoms with Gasteiger partial charge in [-0.3, -0.25) is 0 Å². The molecule has 100 valence electrons. The lowest BCUT2D eigenvalue weighted by Gasteiger charge is -2.28. The molecule has 3 unspecified atom stereocenters. The fourth-order valence-electron chi connectivity index (χ4n) is 2.86. The van der Waals surface area contributed by atoms with Gasteiger partial charge >= 0.3 is 0 Å². The summed E-state index contributed by atoms with van der Waals surface area (Å²) in [6.07, 6.45) is 3.87. The zero-order chi connectivity index (χ0) is 12.1. The molecule has 2 aliphatic rings. The lowest BCUT2D eigenvalue weighted by atomic mass is 10.1. The number of likely N-dealkylation sites (tertiary alicyclic amines) is 1. The van der Waals surface area contributed by atoms with Gasteiger partial charge in [-0.25, -0.2) is 0 Å². The van der Waals surface area contributed by atoms with Crippen LogP contribution in [-0.2, 0) is 4.74 Å². The molecule has 0 saturated carbocycles. The van der Waals surface area contributed by atoms with Crippen LogP contribution in [0.25, 0.3) is 0 Å². The van der Waals surface area contributed by atoms with Gasteiger partial charge in [0.05, 0.1) is 13.2 Å². The first-order valence-electron chi connectivity index (χ1n) is 7.00. The van der Waals surface area contributed by atoms with E-state index in [0.717, 1.165) is 38.8 Å².